The molecular formula is C18H24Cl2N2. The highest BCUT2D eigenvalue weighted by Crippen LogP contribution is 2.43. The molecule has 0 radical (unpaired) electrons. The standard InChI is InChI=1S/C18H23ClN2.ClH/c1-2-3-9-20-10-11-21-16-8-7-13(19)12-15(16)14-5-4-6-17(20)18(14)21;/h7-8,12,17H,2-6,9-11H2,1H3;1H. The molecule has 1 aromatic heterocycles. The molecule has 2 aliphatic rings. The van der Waals surface area contributed by atoms with Crippen molar-refractivity contribution in [1.82, 2.24) is 9.47 Å². The molecule has 2 heterocycles. The van der Waals surface area contributed by atoms with Crippen molar-refractivity contribution in [2.24, 2.45) is 0 Å². The molecule has 0 amide bonds. The number of rotatable bonds is 3. The maximum atomic E-state index is 6.24. The molecule has 1 unspecified atom stereocenters. The summed E-state index contributed by atoms with van der Waals surface area (Å²) >= 11 is 6.24. The number of aryl methyl sites for hydroxylation is 1. The molecule has 4 rings (SSSR count). The number of aromatic nitrogens is 1. The van der Waals surface area contributed by atoms with E-state index in [4.69, 9.17) is 11.6 Å². The highest BCUT2D eigenvalue weighted by molar-refractivity contribution is 6.31. The lowest BCUT2D eigenvalue weighted by atomic mass is 9.89. The van der Waals surface area contributed by atoms with E-state index in [9.17, 15) is 0 Å². The second-order valence-electron chi connectivity index (χ2n) is 6.47. The fourth-order valence-corrected chi connectivity index (χ4v) is 4.45. The molecule has 4 heteroatoms. The van der Waals surface area contributed by atoms with E-state index in [0.717, 1.165) is 11.6 Å². The Kier molecular flexibility index (Phi) is 4.72. The first-order valence-electron chi connectivity index (χ1n) is 8.34. The number of halogens is 2. The van der Waals surface area contributed by atoms with Gasteiger partial charge in [0.25, 0.3) is 0 Å². The van der Waals surface area contributed by atoms with E-state index in [-0.39, 0.29) is 13.8 Å². The van der Waals surface area contributed by atoms with Gasteiger partial charge in [-0.25, -0.2) is 0 Å². The van der Waals surface area contributed by atoms with Crippen molar-refractivity contribution in [3.05, 3.63) is 34.5 Å². The summed E-state index contributed by atoms with van der Waals surface area (Å²) in [6.45, 7) is 5.87. The average molecular weight is 339 g/mol. The van der Waals surface area contributed by atoms with Gasteiger partial charge in [0.15, 0.2) is 0 Å². The molecular weight excluding hydrogens is 315 g/mol. The normalized spacial score (nSPS) is 20.7. The van der Waals surface area contributed by atoms with E-state index in [0.29, 0.717) is 6.04 Å². The molecule has 1 atom stereocenters. The smallest absolute Gasteiger partial charge is 1.00 e. The second-order valence-corrected chi connectivity index (χ2v) is 6.91. The number of fused-ring (bicyclic) bond motifs is 3. The Morgan fingerprint density at radius 2 is 2.18 bits per heavy atom. The van der Waals surface area contributed by atoms with E-state index in [1.165, 1.54) is 56.1 Å². The van der Waals surface area contributed by atoms with Gasteiger partial charge in [0.2, 0.25) is 0 Å². The zero-order valence-electron chi connectivity index (χ0n) is 14.1. The van der Waals surface area contributed by atoms with Crippen LogP contribution >= 0.6 is 11.6 Å². The van der Waals surface area contributed by atoms with Gasteiger partial charge in [0.05, 0.1) is 6.04 Å². The van der Waals surface area contributed by atoms with Crippen LogP contribution in [0, 0.1) is 0 Å². The van der Waals surface area contributed by atoms with Gasteiger partial charge >= 0.3 is 1.43 Å². The lowest BCUT2D eigenvalue weighted by Crippen LogP contribution is -3.00. The van der Waals surface area contributed by atoms with Gasteiger partial charge < -0.3 is 17.0 Å². The maximum Gasteiger partial charge on any atom is 1.00 e. The van der Waals surface area contributed by atoms with Crippen LogP contribution in [0.25, 0.3) is 10.9 Å². The molecule has 22 heavy (non-hydrogen) atoms. The zero-order chi connectivity index (χ0) is 14.4. The van der Waals surface area contributed by atoms with Gasteiger partial charge in [0, 0.05) is 34.7 Å². The van der Waals surface area contributed by atoms with Crippen molar-refractivity contribution in [1.29, 1.82) is 0 Å². The van der Waals surface area contributed by atoms with Crippen LogP contribution in [0.1, 0.15) is 51.3 Å². The van der Waals surface area contributed by atoms with E-state index >= 15 is 0 Å². The molecule has 1 aliphatic heterocycles. The van der Waals surface area contributed by atoms with Crippen LogP contribution in [-0.2, 0) is 13.0 Å². The third kappa shape index (κ3) is 2.46. The SMILES string of the molecule is CCCCN1CCn2c3c(c4cc(Cl)ccc42)CCCC31.[Cl-].[H+]. The Bertz CT molecular complexity index is 683. The third-order valence-corrected chi connectivity index (χ3v) is 5.48. The molecule has 120 valence electrons. The first kappa shape index (κ1) is 16.2. The summed E-state index contributed by atoms with van der Waals surface area (Å²) in [5.41, 5.74) is 4.57. The summed E-state index contributed by atoms with van der Waals surface area (Å²) < 4.78 is 2.58. The Labute approximate surface area is 145 Å². The van der Waals surface area contributed by atoms with Crippen molar-refractivity contribution in [2.75, 3.05) is 13.1 Å². The van der Waals surface area contributed by atoms with E-state index in [1.807, 2.05) is 6.07 Å². The summed E-state index contributed by atoms with van der Waals surface area (Å²) in [4.78, 5) is 2.72. The summed E-state index contributed by atoms with van der Waals surface area (Å²) in [5.74, 6) is 0. The van der Waals surface area contributed by atoms with Crippen molar-refractivity contribution < 1.29 is 13.8 Å². The molecule has 0 spiro atoms. The van der Waals surface area contributed by atoms with Gasteiger partial charge in [-0.2, -0.15) is 0 Å². The summed E-state index contributed by atoms with van der Waals surface area (Å²) in [6.07, 6.45) is 6.45. The molecule has 0 saturated carbocycles. The number of benzene rings is 1. The summed E-state index contributed by atoms with van der Waals surface area (Å²) in [7, 11) is 0. The van der Waals surface area contributed by atoms with Crippen molar-refractivity contribution in [2.45, 2.75) is 51.6 Å². The quantitative estimate of drug-likeness (QED) is 0.829. The van der Waals surface area contributed by atoms with Crippen LogP contribution in [0.2, 0.25) is 5.02 Å². The monoisotopic (exact) mass is 338 g/mol. The van der Waals surface area contributed by atoms with Crippen molar-refractivity contribution in [3.63, 3.8) is 0 Å². The predicted molar refractivity (Wildman–Crippen MR) is 90.2 cm³/mol. The van der Waals surface area contributed by atoms with Crippen LogP contribution in [0.4, 0.5) is 0 Å². The van der Waals surface area contributed by atoms with E-state index < -0.39 is 0 Å². The topological polar surface area (TPSA) is 8.17 Å². The lowest BCUT2D eigenvalue weighted by Gasteiger charge is -2.40. The number of unbranched alkanes of at least 4 members (excludes halogenated alkanes) is 1. The van der Waals surface area contributed by atoms with Gasteiger partial charge in [-0.3, -0.25) is 4.90 Å². The minimum atomic E-state index is 0. The van der Waals surface area contributed by atoms with Crippen LogP contribution < -0.4 is 12.4 Å². The molecule has 0 saturated heterocycles. The number of hydrogen-bond acceptors (Lipinski definition) is 1. The minimum Gasteiger partial charge on any atom is -1.00 e. The fourth-order valence-electron chi connectivity index (χ4n) is 4.28. The maximum absolute atomic E-state index is 6.24. The van der Waals surface area contributed by atoms with Gasteiger partial charge in [-0.15, -0.1) is 0 Å². The molecule has 0 N–H and O–H groups in total. The third-order valence-electron chi connectivity index (χ3n) is 5.24. The van der Waals surface area contributed by atoms with Crippen LogP contribution in [0.5, 0.6) is 0 Å². The van der Waals surface area contributed by atoms with Gasteiger partial charge in [0.1, 0.15) is 0 Å². The lowest BCUT2D eigenvalue weighted by molar-refractivity contribution is -0.00000421. The number of nitrogens with zero attached hydrogens (tertiary/aromatic N) is 2. The Morgan fingerprint density at radius 3 is 3.00 bits per heavy atom. The van der Waals surface area contributed by atoms with E-state index in [2.05, 4.69) is 28.5 Å². The molecule has 2 aromatic rings. The van der Waals surface area contributed by atoms with Gasteiger partial charge in [-0.1, -0.05) is 24.9 Å². The van der Waals surface area contributed by atoms with E-state index in [1.54, 1.807) is 11.3 Å². The zero-order valence-corrected chi connectivity index (χ0v) is 14.6. The fraction of sp³-hybridized carbons (Fsp3) is 0.556. The molecule has 0 fully saturated rings. The first-order valence-corrected chi connectivity index (χ1v) is 8.72. The Hall–Kier alpha value is -0.700. The van der Waals surface area contributed by atoms with Crippen LogP contribution in [-0.4, -0.2) is 22.6 Å². The highest BCUT2D eigenvalue weighted by atomic mass is 35.5. The first-order chi connectivity index (χ1) is 10.3. The van der Waals surface area contributed by atoms with Gasteiger partial charge in [-0.05, 0) is 56.0 Å². The minimum absolute atomic E-state index is 0. The molecule has 1 aliphatic carbocycles. The number of hydrogen-bond donors (Lipinski definition) is 0. The predicted octanol–water partition coefficient (Wildman–Crippen LogP) is 1.90. The Morgan fingerprint density at radius 1 is 1.32 bits per heavy atom. The van der Waals surface area contributed by atoms with Crippen molar-refractivity contribution >= 4 is 22.5 Å². The largest absolute Gasteiger partial charge is 1.00 e. The summed E-state index contributed by atoms with van der Waals surface area (Å²) in [5, 5.41) is 2.27. The second kappa shape index (κ2) is 6.43. The van der Waals surface area contributed by atoms with Crippen molar-refractivity contribution in [3.8, 4) is 0 Å². The molecule has 0 bridgehead atoms. The molecule has 1 aromatic carbocycles. The van der Waals surface area contributed by atoms with Crippen LogP contribution in [0.15, 0.2) is 18.2 Å². The Balaban J connectivity index is 0.000000960. The van der Waals surface area contributed by atoms with Crippen LogP contribution in [0.3, 0.4) is 0 Å². The summed E-state index contributed by atoms with van der Waals surface area (Å²) in [6, 6.07) is 7.07. The highest BCUT2D eigenvalue weighted by Gasteiger charge is 2.34. The molecule has 2 nitrogen and oxygen atoms in total. The average Bonchev–Trinajstić information content (AvgIpc) is 2.82.